The highest BCUT2D eigenvalue weighted by atomic mass is 35.5. The molecule has 1 atom stereocenters. The zero-order chi connectivity index (χ0) is 14.7. The van der Waals surface area contributed by atoms with Gasteiger partial charge in [0.25, 0.3) is 5.91 Å². The number of nitrogens with zero attached hydrogens (tertiary/aromatic N) is 3. The highest BCUT2D eigenvalue weighted by Gasteiger charge is 2.28. The normalized spacial score (nSPS) is 18.4. The van der Waals surface area contributed by atoms with E-state index in [1.165, 1.54) is 19.3 Å². The van der Waals surface area contributed by atoms with E-state index >= 15 is 0 Å². The van der Waals surface area contributed by atoms with Crippen LogP contribution in [0.4, 0.5) is 5.95 Å². The van der Waals surface area contributed by atoms with Gasteiger partial charge in [0.15, 0.2) is 0 Å². The fourth-order valence-corrected chi connectivity index (χ4v) is 2.71. The standard InChI is InChI=1S/C15H23N5O.2ClH/c16-12(11-4-5-11)10-18-14(21)13-6-7-17-15(19-13)20-8-2-1-3-9-20;;/h6-7,11-12H,1-5,8-10,16H2,(H,18,21);2*1H. The summed E-state index contributed by atoms with van der Waals surface area (Å²) in [4.78, 5) is 23.0. The molecule has 2 aliphatic rings. The molecule has 1 saturated carbocycles. The third-order valence-corrected chi connectivity index (χ3v) is 4.24. The van der Waals surface area contributed by atoms with E-state index in [0.717, 1.165) is 25.9 Å². The second kappa shape index (κ2) is 9.25. The quantitative estimate of drug-likeness (QED) is 0.834. The molecule has 2 fully saturated rings. The molecule has 2 heterocycles. The van der Waals surface area contributed by atoms with Crippen molar-refractivity contribution in [3.8, 4) is 0 Å². The summed E-state index contributed by atoms with van der Waals surface area (Å²) in [6.45, 7) is 2.46. The van der Waals surface area contributed by atoms with E-state index in [9.17, 15) is 4.79 Å². The van der Waals surface area contributed by atoms with E-state index in [4.69, 9.17) is 5.73 Å². The van der Waals surface area contributed by atoms with Gasteiger partial charge in [-0.15, -0.1) is 24.8 Å². The largest absolute Gasteiger partial charge is 0.349 e. The Morgan fingerprint density at radius 1 is 1.30 bits per heavy atom. The number of carbonyl (C=O) groups excluding carboxylic acids is 1. The number of nitrogens with two attached hydrogens (primary N) is 1. The van der Waals surface area contributed by atoms with Crippen LogP contribution in [-0.2, 0) is 0 Å². The molecule has 1 aliphatic carbocycles. The van der Waals surface area contributed by atoms with Gasteiger partial charge in [-0.25, -0.2) is 9.97 Å². The monoisotopic (exact) mass is 361 g/mol. The highest BCUT2D eigenvalue weighted by molar-refractivity contribution is 5.92. The molecule has 0 bridgehead atoms. The molecule has 8 heteroatoms. The van der Waals surface area contributed by atoms with E-state index in [2.05, 4.69) is 20.2 Å². The van der Waals surface area contributed by atoms with Crippen LogP contribution >= 0.6 is 24.8 Å². The molecule has 1 amide bonds. The molecular formula is C15H25Cl2N5O. The van der Waals surface area contributed by atoms with Gasteiger partial charge in [-0.3, -0.25) is 4.79 Å². The molecular weight excluding hydrogens is 337 g/mol. The fourth-order valence-electron chi connectivity index (χ4n) is 2.71. The number of anilines is 1. The van der Waals surface area contributed by atoms with Crippen molar-refractivity contribution in [3.05, 3.63) is 18.0 Å². The summed E-state index contributed by atoms with van der Waals surface area (Å²) >= 11 is 0. The lowest BCUT2D eigenvalue weighted by Gasteiger charge is -2.26. The van der Waals surface area contributed by atoms with Gasteiger partial charge in [0.05, 0.1) is 0 Å². The number of piperidine rings is 1. The van der Waals surface area contributed by atoms with Crippen molar-refractivity contribution in [1.82, 2.24) is 15.3 Å². The molecule has 130 valence electrons. The Labute approximate surface area is 149 Å². The number of nitrogens with one attached hydrogen (secondary N) is 1. The lowest BCUT2D eigenvalue weighted by molar-refractivity contribution is 0.0945. The zero-order valence-electron chi connectivity index (χ0n) is 13.1. The first kappa shape index (κ1) is 19.9. The van der Waals surface area contributed by atoms with E-state index in [1.54, 1.807) is 12.3 Å². The van der Waals surface area contributed by atoms with Crippen LogP contribution in [0.3, 0.4) is 0 Å². The van der Waals surface area contributed by atoms with Crippen molar-refractivity contribution in [2.45, 2.75) is 38.1 Å². The van der Waals surface area contributed by atoms with E-state index < -0.39 is 0 Å². The predicted octanol–water partition coefficient (Wildman–Crippen LogP) is 1.78. The molecule has 23 heavy (non-hydrogen) atoms. The smallest absolute Gasteiger partial charge is 0.270 e. The summed E-state index contributed by atoms with van der Waals surface area (Å²) in [7, 11) is 0. The van der Waals surface area contributed by atoms with Gasteiger partial charge in [-0.2, -0.15) is 0 Å². The van der Waals surface area contributed by atoms with Gasteiger partial charge in [-0.05, 0) is 44.1 Å². The first-order chi connectivity index (χ1) is 10.2. The Balaban J connectivity index is 0.00000132. The van der Waals surface area contributed by atoms with Crippen molar-refractivity contribution in [2.24, 2.45) is 11.7 Å². The maximum absolute atomic E-state index is 12.2. The number of amides is 1. The van der Waals surface area contributed by atoms with E-state index in [-0.39, 0.29) is 36.8 Å². The zero-order valence-corrected chi connectivity index (χ0v) is 14.7. The Morgan fingerprint density at radius 2 is 2.00 bits per heavy atom. The Kier molecular flexibility index (Phi) is 8.02. The lowest BCUT2D eigenvalue weighted by Crippen LogP contribution is -2.39. The maximum Gasteiger partial charge on any atom is 0.270 e. The number of carbonyl (C=O) groups is 1. The topological polar surface area (TPSA) is 84.1 Å². The van der Waals surface area contributed by atoms with E-state index in [1.807, 2.05) is 0 Å². The number of hydrogen-bond donors (Lipinski definition) is 2. The summed E-state index contributed by atoms with van der Waals surface area (Å²) in [5, 5.41) is 2.88. The van der Waals surface area contributed by atoms with Gasteiger partial charge < -0.3 is 16.0 Å². The van der Waals surface area contributed by atoms with Crippen LogP contribution < -0.4 is 16.0 Å². The van der Waals surface area contributed by atoms with Crippen molar-refractivity contribution in [1.29, 1.82) is 0 Å². The van der Waals surface area contributed by atoms with Crippen LogP contribution in [0.15, 0.2) is 12.3 Å². The molecule has 3 rings (SSSR count). The number of hydrogen-bond acceptors (Lipinski definition) is 5. The van der Waals surface area contributed by atoms with Gasteiger partial charge in [0.1, 0.15) is 5.69 Å². The van der Waals surface area contributed by atoms with Crippen molar-refractivity contribution >= 4 is 36.7 Å². The lowest BCUT2D eigenvalue weighted by atomic mass is 10.1. The average molecular weight is 362 g/mol. The second-order valence-corrected chi connectivity index (χ2v) is 6.00. The van der Waals surface area contributed by atoms with Gasteiger partial charge in [0, 0.05) is 31.9 Å². The number of rotatable bonds is 5. The maximum atomic E-state index is 12.2. The molecule has 1 aliphatic heterocycles. The molecule has 1 saturated heterocycles. The average Bonchev–Trinajstić information content (AvgIpc) is 3.38. The minimum Gasteiger partial charge on any atom is -0.349 e. The van der Waals surface area contributed by atoms with Crippen molar-refractivity contribution < 1.29 is 4.79 Å². The first-order valence-electron chi connectivity index (χ1n) is 7.86. The molecule has 0 aromatic carbocycles. The fraction of sp³-hybridized carbons (Fsp3) is 0.667. The SMILES string of the molecule is Cl.Cl.NC(CNC(=O)c1ccnc(N2CCCCC2)n1)C1CC1. The molecule has 6 nitrogen and oxygen atoms in total. The van der Waals surface area contributed by atoms with Gasteiger partial charge in [0.2, 0.25) is 5.95 Å². The van der Waals surface area contributed by atoms with Crippen LogP contribution in [0.5, 0.6) is 0 Å². The predicted molar refractivity (Wildman–Crippen MR) is 95.6 cm³/mol. The molecule has 0 radical (unpaired) electrons. The molecule has 3 N–H and O–H groups in total. The summed E-state index contributed by atoms with van der Waals surface area (Å²) in [6, 6.07) is 1.73. The third-order valence-electron chi connectivity index (χ3n) is 4.24. The Morgan fingerprint density at radius 3 is 2.65 bits per heavy atom. The molecule has 1 unspecified atom stereocenters. The molecule has 1 aromatic heterocycles. The van der Waals surface area contributed by atoms with Crippen molar-refractivity contribution in [3.63, 3.8) is 0 Å². The first-order valence-corrected chi connectivity index (χ1v) is 7.86. The van der Waals surface area contributed by atoms with Crippen LogP contribution in [0.1, 0.15) is 42.6 Å². The van der Waals surface area contributed by atoms with Crippen LogP contribution in [0.2, 0.25) is 0 Å². The second-order valence-electron chi connectivity index (χ2n) is 6.00. The third kappa shape index (κ3) is 5.48. The van der Waals surface area contributed by atoms with Crippen molar-refractivity contribution in [2.75, 3.05) is 24.5 Å². The van der Waals surface area contributed by atoms with Gasteiger partial charge in [-0.1, -0.05) is 0 Å². The van der Waals surface area contributed by atoms with Crippen LogP contribution in [0.25, 0.3) is 0 Å². The number of halogens is 2. The minimum atomic E-state index is -0.160. The summed E-state index contributed by atoms with van der Waals surface area (Å²) in [5.41, 5.74) is 6.42. The molecule has 1 aromatic rings. The summed E-state index contributed by atoms with van der Waals surface area (Å²) < 4.78 is 0. The summed E-state index contributed by atoms with van der Waals surface area (Å²) in [5.74, 6) is 1.08. The minimum absolute atomic E-state index is 0. The Bertz CT molecular complexity index is 506. The Hall–Kier alpha value is -1.11. The van der Waals surface area contributed by atoms with E-state index in [0.29, 0.717) is 24.1 Å². The number of aromatic nitrogens is 2. The summed E-state index contributed by atoms with van der Waals surface area (Å²) in [6.07, 6.45) is 7.61. The van der Waals surface area contributed by atoms with Gasteiger partial charge >= 0.3 is 0 Å². The molecule has 0 spiro atoms. The highest BCUT2D eigenvalue weighted by Crippen LogP contribution is 2.31. The van der Waals surface area contributed by atoms with Crippen LogP contribution in [-0.4, -0.2) is 41.6 Å². The van der Waals surface area contributed by atoms with Crippen LogP contribution in [0, 0.1) is 5.92 Å².